The molecule has 1 fully saturated rings. The molecule has 1 aromatic carbocycles. The van der Waals surface area contributed by atoms with Gasteiger partial charge in [0, 0.05) is 18.2 Å². The fraction of sp³-hybridized carbons (Fsp3) is 0.417. The number of nitrogens with one attached hydrogen (secondary N) is 2. The standard InChI is InChI=1S/C12H16N2O2.ClH/c15-11-3-1-2-10(7-11)14-12(16)6-9-4-5-13-8-9;/h1-3,7,9,13,15H,4-6,8H2,(H,14,16);1H. The largest absolute Gasteiger partial charge is 0.508 e. The van der Waals surface area contributed by atoms with Crippen LogP contribution in [0.1, 0.15) is 12.8 Å². The highest BCUT2D eigenvalue weighted by Gasteiger charge is 2.17. The van der Waals surface area contributed by atoms with Crippen LogP contribution in [0.5, 0.6) is 5.75 Å². The van der Waals surface area contributed by atoms with Gasteiger partial charge in [-0.15, -0.1) is 12.4 Å². The quantitative estimate of drug-likeness (QED) is 0.772. The van der Waals surface area contributed by atoms with E-state index < -0.39 is 0 Å². The molecule has 2 rings (SSSR count). The van der Waals surface area contributed by atoms with E-state index in [-0.39, 0.29) is 24.1 Å². The Bertz CT molecular complexity index is 379. The number of carbonyl (C=O) groups excluding carboxylic acids is 1. The van der Waals surface area contributed by atoms with Crippen molar-refractivity contribution in [3.63, 3.8) is 0 Å². The first-order valence-electron chi connectivity index (χ1n) is 5.53. The van der Waals surface area contributed by atoms with Crippen molar-refractivity contribution in [3.05, 3.63) is 24.3 Å². The van der Waals surface area contributed by atoms with Gasteiger partial charge < -0.3 is 15.7 Å². The maximum Gasteiger partial charge on any atom is 0.224 e. The molecule has 1 aliphatic heterocycles. The van der Waals surface area contributed by atoms with Gasteiger partial charge >= 0.3 is 0 Å². The van der Waals surface area contributed by atoms with Crippen LogP contribution in [-0.2, 0) is 4.79 Å². The molecule has 17 heavy (non-hydrogen) atoms. The van der Waals surface area contributed by atoms with Crippen molar-refractivity contribution in [1.29, 1.82) is 0 Å². The Kier molecular flexibility index (Phi) is 5.25. The Morgan fingerprint density at radius 3 is 3.00 bits per heavy atom. The average Bonchev–Trinajstić information content (AvgIpc) is 2.70. The Balaban J connectivity index is 0.00000144. The Labute approximate surface area is 107 Å². The van der Waals surface area contributed by atoms with Gasteiger partial charge in [0.2, 0.25) is 5.91 Å². The molecular weight excluding hydrogens is 240 g/mol. The van der Waals surface area contributed by atoms with Gasteiger partial charge in [0.15, 0.2) is 0 Å². The molecule has 0 radical (unpaired) electrons. The molecule has 1 heterocycles. The summed E-state index contributed by atoms with van der Waals surface area (Å²) >= 11 is 0. The van der Waals surface area contributed by atoms with E-state index in [1.165, 1.54) is 0 Å². The van der Waals surface area contributed by atoms with E-state index in [2.05, 4.69) is 10.6 Å². The number of amides is 1. The number of hydrogen-bond acceptors (Lipinski definition) is 3. The first-order valence-corrected chi connectivity index (χ1v) is 5.53. The summed E-state index contributed by atoms with van der Waals surface area (Å²) in [6.45, 7) is 1.93. The molecule has 1 aliphatic rings. The number of hydrogen-bond donors (Lipinski definition) is 3. The summed E-state index contributed by atoms with van der Waals surface area (Å²) in [6, 6.07) is 6.61. The number of rotatable bonds is 3. The molecule has 1 saturated heterocycles. The van der Waals surface area contributed by atoms with Gasteiger partial charge in [0.25, 0.3) is 0 Å². The van der Waals surface area contributed by atoms with E-state index in [0.29, 0.717) is 18.0 Å². The monoisotopic (exact) mass is 256 g/mol. The third-order valence-electron chi connectivity index (χ3n) is 2.77. The van der Waals surface area contributed by atoms with E-state index in [9.17, 15) is 9.90 Å². The SMILES string of the molecule is Cl.O=C(CC1CCNC1)Nc1cccc(O)c1. The Morgan fingerprint density at radius 2 is 2.35 bits per heavy atom. The third-order valence-corrected chi connectivity index (χ3v) is 2.77. The van der Waals surface area contributed by atoms with E-state index in [1.807, 2.05) is 0 Å². The lowest BCUT2D eigenvalue weighted by Crippen LogP contribution is -2.18. The lowest BCUT2D eigenvalue weighted by atomic mass is 10.0. The summed E-state index contributed by atoms with van der Waals surface area (Å²) in [6.07, 6.45) is 1.61. The molecule has 0 aromatic heterocycles. The van der Waals surface area contributed by atoms with Crippen LogP contribution in [0.15, 0.2) is 24.3 Å². The van der Waals surface area contributed by atoms with Crippen molar-refractivity contribution in [2.45, 2.75) is 12.8 Å². The molecule has 1 unspecified atom stereocenters. The Hall–Kier alpha value is -1.26. The summed E-state index contributed by atoms with van der Waals surface area (Å²) in [5.41, 5.74) is 0.649. The summed E-state index contributed by atoms with van der Waals surface area (Å²) < 4.78 is 0. The number of phenols is 1. The van der Waals surface area contributed by atoms with Gasteiger partial charge in [0.1, 0.15) is 5.75 Å². The summed E-state index contributed by atoms with van der Waals surface area (Å²) in [5.74, 6) is 0.622. The normalized spacial score (nSPS) is 18.5. The molecule has 0 spiro atoms. The molecule has 4 nitrogen and oxygen atoms in total. The van der Waals surface area contributed by atoms with Crippen molar-refractivity contribution >= 4 is 24.0 Å². The van der Waals surface area contributed by atoms with Crippen molar-refractivity contribution < 1.29 is 9.90 Å². The second-order valence-electron chi connectivity index (χ2n) is 4.16. The first kappa shape index (κ1) is 13.8. The summed E-state index contributed by atoms with van der Waals surface area (Å²) in [5, 5.41) is 15.3. The second kappa shape index (κ2) is 6.47. The van der Waals surface area contributed by atoms with Gasteiger partial charge in [0.05, 0.1) is 0 Å². The van der Waals surface area contributed by atoms with Gasteiger partial charge in [-0.3, -0.25) is 4.79 Å². The predicted octanol–water partition coefficient (Wildman–Crippen LogP) is 1.75. The third kappa shape index (κ3) is 4.24. The molecule has 0 bridgehead atoms. The molecule has 3 N–H and O–H groups in total. The molecule has 1 aromatic rings. The van der Waals surface area contributed by atoms with Gasteiger partial charge in [-0.2, -0.15) is 0 Å². The maximum absolute atomic E-state index is 11.7. The number of phenolic OH excluding ortho intramolecular Hbond substituents is 1. The lowest BCUT2D eigenvalue weighted by molar-refractivity contribution is -0.116. The topological polar surface area (TPSA) is 61.4 Å². The zero-order valence-electron chi connectivity index (χ0n) is 9.48. The van der Waals surface area contributed by atoms with Gasteiger partial charge in [-0.25, -0.2) is 0 Å². The highest BCUT2D eigenvalue weighted by molar-refractivity contribution is 5.91. The molecule has 1 atom stereocenters. The van der Waals surface area contributed by atoms with Crippen LogP contribution in [-0.4, -0.2) is 24.1 Å². The predicted molar refractivity (Wildman–Crippen MR) is 69.6 cm³/mol. The minimum absolute atomic E-state index is 0. The molecule has 0 saturated carbocycles. The minimum atomic E-state index is 0. The van der Waals surface area contributed by atoms with E-state index in [4.69, 9.17) is 0 Å². The number of halogens is 1. The smallest absolute Gasteiger partial charge is 0.224 e. The summed E-state index contributed by atoms with van der Waals surface area (Å²) in [7, 11) is 0. The van der Waals surface area contributed by atoms with E-state index in [1.54, 1.807) is 24.3 Å². The van der Waals surface area contributed by atoms with Crippen molar-refractivity contribution in [3.8, 4) is 5.75 Å². The number of anilines is 1. The van der Waals surface area contributed by atoms with Gasteiger partial charge in [-0.05, 0) is 37.6 Å². The van der Waals surface area contributed by atoms with Crippen LogP contribution >= 0.6 is 12.4 Å². The van der Waals surface area contributed by atoms with E-state index >= 15 is 0 Å². The van der Waals surface area contributed by atoms with Crippen LogP contribution in [0.4, 0.5) is 5.69 Å². The number of aromatic hydroxyl groups is 1. The van der Waals surface area contributed by atoms with Crippen molar-refractivity contribution in [2.24, 2.45) is 5.92 Å². The number of carbonyl (C=O) groups is 1. The molecule has 0 aliphatic carbocycles. The van der Waals surface area contributed by atoms with Gasteiger partial charge in [-0.1, -0.05) is 6.07 Å². The molecular formula is C12H17ClN2O2. The summed E-state index contributed by atoms with van der Waals surface area (Å²) in [4.78, 5) is 11.7. The molecule has 5 heteroatoms. The van der Waals surface area contributed by atoms with Crippen molar-refractivity contribution in [2.75, 3.05) is 18.4 Å². The van der Waals surface area contributed by atoms with Crippen LogP contribution in [0.2, 0.25) is 0 Å². The fourth-order valence-electron chi connectivity index (χ4n) is 1.95. The first-order chi connectivity index (χ1) is 7.74. The Morgan fingerprint density at radius 1 is 1.53 bits per heavy atom. The fourth-order valence-corrected chi connectivity index (χ4v) is 1.95. The number of benzene rings is 1. The van der Waals surface area contributed by atoms with Crippen molar-refractivity contribution in [1.82, 2.24) is 5.32 Å². The van der Waals surface area contributed by atoms with Crippen LogP contribution in [0, 0.1) is 5.92 Å². The van der Waals surface area contributed by atoms with E-state index in [0.717, 1.165) is 19.5 Å². The maximum atomic E-state index is 11.7. The van der Waals surface area contributed by atoms with Crippen LogP contribution in [0.3, 0.4) is 0 Å². The van der Waals surface area contributed by atoms with Crippen LogP contribution < -0.4 is 10.6 Å². The average molecular weight is 257 g/mol. The minimum Gasteiger partial charge on any atom is -0.508 e. The zero-order valence-corrected chi connectivity index (χ0v) is 10.3. The second-order valence-corrected chi connectivity index (χ2v) is 4.16. The highest BCUT2D eigenvalue weighted by atomic mass is 35.5. The zero-order chi connectivity index (χ0) is 11.4. The highest BCUT2D eigenvalue weighted by Crippen LogP contribution is 2.17. The lowest BCUT2D eigenvalue weighted by Gasteiger charge is -2.09. The molecule has 1 amide bonds. The van der Waals surface area contributed by atoms with Crippen LogP contribution in [0.25, 0.3) is 0 Å². The molecule has 94 valence electrons.